The van der Waals surface area contributed by atoms with E-state index in [0.29, 0.717) is 0 Å². The lowest BCUT2D eigenvalue weighted by Crippen LogP contribution is -2.47. The van der Waals surface area contributed by atoms with E-state index < -0.39 is 0 Å². The number of rotatable bonds is 5. The number of piperazine rings is 1. The van der Waals surface area contributed by atoms with Gasteiger partial charge >= 0.3 is 0 Å². The Bertz CT molecular complexity index is 635. The summed E-state index contributed by atoms with van der Waals surface area (Å²) in [6.07, 6.45) is 1.59. The highest BCUT2D eigenvalue weighted by Crippen LogP contribution is 2.12. The smallest absolute Gasteiger partial charge is 0.125 e. The summed E-state index contributed by atoms with van der Waals surface area (Å²) in [5.74, 6) is -0.256. The Balaban J connectivity index is 1.56. The monoisotopic (exact) mass is 318 g/mol. The van der Waals surface area contributed by atoms with Gasteiger partial charge in [0, 0.05) is 45.5 Å². The van der Waals surface area contributed by atoms with E-state index in [1.807, 2.05) is 25.3 Å². The molecule has 1 aliphatic heterocycles. The maximum Gasteiger partial charge on any atom is 0.125 e. The predicted octanol–water partition coefficient (Wildman–Crippen LogP) is 1.51. The molecule has 0 radical (unpaired) electrons. The van der Waals surface area contributed by atoms with Crippen molar-refractivity contribution in [3.63, 3.8) is 0 Å². The van der Waals surface area contributed by atoms with Crippen LogP contribution in [0.3, 0.4) is 0 Å². The molecule has 1 unspecified atom stereocenters. The van der Waals surface area contributed by atoms with Gasteiger partial charge in [-0.15, -0.1) is 0 Å². The number of hydrogen-bond acceptors (Lipinski definition) is 4. The van der Waals surface area contributed by atoms with Gasteiger partial charge in [0.15, 0.2) is 0 Å². The van der Waals surface area contributed by atoms with Gasteiger partial charge in [-0.25, -0.2) is 9.07 Å². The van der Waals surface area contributed by atoms with E-state index >= 15 is 0 Å². The van der Waals surface area contributed by atoms with Crippen LogP contribution in [0.1, 0.15) is 12.6 Å². The Labute approximate surface area is 135 Å². The summed E-state index contributed by atoms with van der Waals surface area (Å²) in [5.41, 5.74) is 1.72. The molecule has 2 aromatic rings. The normalized spacial score (nSPS) is 18.2. The van der Waals surface area contributed by atoms with Crippen molar-refractivity contribution < 1.29 is 9.50 Å². The zero-order valence-corrected chi connectivity index (χ0v) is 13.4. The van der Waals surface area contributed by atoms with E-state index in [1.54, 1.807) is 10.7 Å². The summed E-state index contributed by atoms with van der Waals surface area (Å²) < 4.78 is 15.0. The van der Waals surface area contributed by atoms with Gasteiger partial charge in [0.05, 0.1) is 17.5 Å². The molecule has 1 aromatic carbocycles. The van der Waals surface area contributed by atoms with Gasteiger partial charge < -0.3 is 5.11 Å². The largest absolute Gasteiger partial charge is 0.392 e. The molecule has 124 valence electrons. The predicted molar refractivity (Wildman–Crippen MR) is 86.9 cm³/mol. The van der Waals surface area contributed by atoms with E-state index in [-0.39, 0.29) is 11.9 Å². The second-order valence-electron chi connectivity index (χ2n) is 6.16. The lowest BCUT2D eigenvalue weighted by Gasteiger charge is -2.34. The number of aliphatic hydroxyl groups is 1. The van der Waals surface area contributed by atoms with Crippen molar-refractivity contribution in [3.8, 4) is 5.69 Å². The molecule has 6 heteroatoms. The van der Waals surface area contributed by atoms with E-state index in [1.165, 1.54) is 12.1 Å². The fourth-order valence-electron chi connectivity index (χ4n) is 2.94. The third-order valence-electron chi connectivity index (χ3n) is 4.09. The van der Waals surface area contributed by atoms with Crippen LogP contribution >= 0.6 is 0 Å². The highest BCUT2D eigenvalue weighted by Gasteiger charge is 2.18. The first-order valence-electron chi connectivity index (χ1n) is 8.03. The molecule has 5 nitrogen and oxygen atoms in total. The molecule has 23 heavy (non-hydrogen) atoms. The average molecular weight is 318 g/mol. The standard InChI is InChI=1S/C17H23FN4O/c1-14(23)12-20-7-9-21(10-8-20)13-16-5-6-22(19-16)17-4-2-3-15(18)11-17/h2-6,11,14,23H,7-10,12-13H2,1H3. The summed E-state index contributed by atoms with van der Waals surface area (Å²) in [5, 5.41) is 14.0. The quantitative estimate of drug-likeness (QED) is 0.908. The average Bonchev–Trinajstić information content (AvgIpc) is 2.97. The van der Waals surface area contributed by atoms with Crippen LogP contribution in [0.15, 0.2) is 36.5 Å². The molecule has 1 atom stereocenters. The highest BCUT2D eigenvalue weighted by molar-refractivity contribution is 5.31. The van der Waals surface area contributed by atoms with Crippen LogP contribution in [0.25, 0.3) is 5.69 Å². The van der Waals surface area contributed by atoms with Gasteiger partial charge in [-0.1, -0.05) is 6.07 Å². The number of hydrogen-bond donors (Lipinski definition) is 1. The Morgan fingerprint density at radius 1 is 1.17 bits per heavy atom. The van der Waals surface area contributed by atoms with E-state index in [4.69, 9.17) is 0 Å². The third kappa shape index (κ3) is 4.37. The second-order valence-corrected chi connectivity index (χ2v) is 6.16. The van der Waals surface area contributed by atoms with Crippen molar-refractivity contribution in [2.24, 2.45) is 0 Å². The van der Waals surface area contributed by atoms with Crippen molar-refractivity contribution in [1.29, 1.82) is 0 Å². The summed E-state index contributed by atoms with van der Waals surface area (Å²) in [4.78, 5) is 4.64. The first-order valence-corrected chi connectivity index (χ1v) is 8.03. The Hall–Kier alpha value is -1.76. The number of benzene rings is 1. The summed E-state index contributed by atoms with van der Waals surface area (Å²) in [6.45, 7) is 7.24. The molecular formula is C17H23FN4O. The first-order chi connectivity index (χ1) is 11.1. The van der Waals surface area contributed by atoms with E-state index in [9.17, 15) is 9.50 Å². The van der Waals surface area contributed by atoms with Crippen molar-refractivity contribution in [3.05, 3.63) is 48.0 Å². The molecule has 1 N–H and O–H groups in total. The molecule has 1 aromatic heterocycles. The molecule has 2 heterocycles. The lowest BCUT2D eigenvalue weighted by molar-refractivity contribution is 0.0776. The minimum Gasteiger partial charge on any atom is -0.392 e. The fraction of sp³-hybridized carbons (Fsp3) is 0.471. The Morgan fingerprint density at radius 3 is 2.61 bits per heavy atom. The molecule has 1 saturated heterocycles. The zero-order chi connectivity index (χ0) is 16.2. The van der Waals surface area contributed by atoms with E-state index in [2.05, 4.69) is 14.9 Å². The van der Waals surface area contributed by atoms with Crippen LogP contribution in [0.4, 0.5) is 4.39 Å². The topological polar surface area (TPSA) is 44.5 Å². The summed E-state index contributed by atoms with van der Waals surface area (Å²) in [7, 11) is 0. The summed E-state index contributed by atoms with van der Waals surface area (Å²) in [6, 6.07) is 8.42. The fourth-order valence-corrected chi connectivity index (χ4v) is 2.94. The summed E-state index contributed by atoms with van der Waals surface area (Å²) >= 11 is 0. The number of aromatic nitrogens is 2. The van der Waals surface area contributed by atoms with Gasteiger partial charge in [-0.05, 0) is 31.2 Å². The van der Waals surface area contributed by atoms with Crippen LogP contribution in [-0.2, 0) is 6.54 Å². The molecule has 1 aliphatic rings. The van der Waals surface area contributed by atoms with Crippen LogP contribution < -0.4 is 0 Å². The van der Waals surface area contributed by atoms with Crippen molar-refractivity contribution in [2.45, 2.75) is 19.6 Å². The molecule has 0 saturated carbocycles. The van der Waals surface area contributed by atoms with Gasteiger partial charge in [0.1, 0.15) is 5.82 Å². The Kier molecular flexibility index (Phi) is 5.05. The zero-order valence-electron chi connectivity index (χ0n) is 13.4. The maximum atomic E-state index is 13.3. The highest BCUT2D eigenvalue weighted by atomic mass is 19.1. The van der Waals surface area contributed by atoms with E-state index in [0.717, 1.165) is 50.6 Å². The van der Waals surface area contributed by atoms with Gasteiger partial charge in [0.25, 0.3) is 0 Å². The molecular weight excluding hydrogens is 295 g/mol. The molecule has 0 amide bonds. The van der Waals surface area contributed by atoms with Crippen molar-refractivity contribution >= 4 is 0 Å². The molecule has 0 spiro atoms. The van der Waals surface area contributed by atoms with Crippen LogP contribution in [0.5, 0.6) is 0 Å². The van der Waals surface area contributed by atoms with Gasteiger partial charge in [-0.2, -0.15) is 5.10 Å². The number of aliphatic hydroxyl groups excluding tert-OH is 1. The van der Waals surface area contributed by atoms with Crippen molar-refractivity contribution in [1.82, 2.24) is 19.6 Å². The van der Waals surface area contributed by atoms with Crippen LogP contribution in [0.2, 0.25) is 0 Å². The second kappa shape index (κ2) is 7.21. The van der Waals surface area contributed by atoms with Gasteiger partial charge in [-0.3, -0.25) is 9.80 Å². The molecule has 3 rings (SSSR count). The van der Waals surface area contributed by atoms with Gasteiger partial charge in [0.2, 0.25) is 0 Å². The SMILES string of the molecule is CC(O)CN1CCN(Cc2ccn(-c3cccc(F)c3)n2)CC1. The molecule has 0 aliphatic carbocycles. The first kappa shape index (κ1) is 16.1. The number of halogens is 1. The minimum absolute atomic E-state index is 0.256. The number of nitrogens with zero attached hydrogens (tertiary/aromatic N) is 4. The lowest BCUT2D eigenvalue weighted by atomic mass is 10.2. The van der Waals surface area contributed by atoms with Crippen LogP contribution in [-0.4, -0.2) is 63.5 Å². The maximum absolute atomic E-state index is 13.3. The third-order valence-corrected chi connectivity index (χ3v) is 4.09. The molecule has 1 fully saturated rings. The van der Waals surface area contributed by atoms with Crippen molar-refractivity contribution in [2.75, 3.05) is 32.7 Å². The number of β-amino-alcohol motifs (C(OH)–C–C–N with tert-alkyl or cyclic N) is 1. The Morgan fingerprint density at radius 2 is 1.91 bits per heavy atom. The van der Waals surface area contributed by atoms with Crippen LogP contribution in [0, 0.1) is 5.82 Å². The molecule has 0 bridgehead atoms. The minimum atomic E-state index is -0.275.